The van der Waals surface area contributed by atoms with Crippen molar-refractivity contribution in [1.82, 2.24) is 9.78 Å². The SMILES string of the molecule is CCc1ccc(CCC(=O)n2[nH]c(CN)cc2=O)cc1. The zero-order chi connectivity index (χ0) is 14.5. The van der Waals surface area contributed by atoms with Crippen LogP contribution in [-0.2, 0) is 19.4 Å². The first kappa shape index (κ1) is 14.3. The molecule has 0 aliphatic carbocycles. The molecule has 0 radical (unpaired) electrons. The molecule has 0 bridgehead atoms. The fraction of sp³-hybridized carbons (Fsp3) is 0.333. The standard InChI is InChI=1S/C15H19N3O2/c1-2-11-3-5-12(6-4-11)7-8-14(19)18-15(20)9-13(10-16)17-18/h3-6,9,17H,2,7-8,10,16H2,1H3. The highest BCUT2D eigenvalue weighted by Crippen LogP contribution is 2.07. The average molecular weight is 273 g/mol. The number of aromatic amines is 1. The van der Waals surface area contributed by atoms with E-state index in [0.29, 0.717) is 12.1 Å². The number of carbonyl (C=O) groups is 1. The van der Waals surface area contributed by atoms with Gasteiger partial charge in [-0.05, 0) is 24.0 Å². The van der Waals surface area contributed by atoms with Crippen LogP contribution >= 0.6 is 0 Å². The molecule has 1 aromatic heterocycles. The van der Waals surface area contributed by atoms with Crippen molar-refractivity contribution in [2.45, 2.75) is 32.7 Å². The third kappa shape index (κ3) is 3.24. The molecule has 0 aliphatic heterocycles. The van der Waals surface area contributed by atoms with Crippen LogP contribution in [0.3, 0.4) is 0 Å². The topological polar surface area (TPSA) is 80.9 Å². The summed E-state index contributed by atoms with van der Waals surface area (Å²) in [6.07, 6.45) is 1.90. The number of hydrogen-bond acceptors (Lipinski definition) is 3. The Bertz CT molecular complexity index is 638. The van der Waals surface area contributed by atoms with E-state index in [0.717, 1.165) is 16.7 Å². The van der Waals surface area contributed by atoms with Gasteiger partial charge in [-0.1, -0.05) is 31.2 Å². The normalized spacial score (nSPS) is 10.7. The Balaban J connectivity index is 2.00. The molecular weight excluding hydrogens is 254 g/mol. The van der Waals surface area contributed by atoms with E-state index < -0.39 is 0 Å². The van der Waals surface area contributed by atoms with E-state index in [9.17, 15) is 9.59 Å². The molecule has 2 aromatic rings. The second-order valence-corrected chi connectivity index (χ2v) is 4.72. The van der Waals surface area contributed by atoms with Gasteiger partial charge in [-0.3, -0.25) is 14.7 Å². The fourth-order valence-electron chi connectivity index (χ4n) is 2.04. The molecule has 0 saturated heterocycles. The van der Waals surface area contributed by atoms with Crippen LogP contribution in [0.5, 0.6) is 0 Å². The van der Waals surface area contributed by atoms with Crippen LogP contribution in [0, 0.1) is 0 Å². The monoisotopic (exact) mass is 273 g/mol. The van der Waals surface area contributed by atoms with Crippen molar-refractivity contribution in [1.29, 1.82) is 0 Å². The second-order valence-electron chi connectivity index (χ2n) is 4.72. The Labute approximate surface area is 117 Å². The molecule has 1 aromatic carbocycles. The van der Waals surface area contributed by atoms with E-state index in [-0.39, 0.29) is 24.4 Å². The molecule has 3 N–H and O–H groups in total. The van der Waals surface area contributed by atoms with Gasteiger partial charge in [-0.25, -0.2) is 0 Å². The van der Waals surface area contributed by atoms with Gasteiger partial charge in [-0.15, -0.1) is 0 Å². The summed E-state index contributed by atoms with van der Waals surface area (Å²) in [5.41, 5.74) is 8.01. The van der Waals surface area contributed by atoms with Crippen molar-refractivity contribution >= 4 is 5.91 Å². The zero-order valence-corrected chi connectivity index (χ0v) is 11.6. The number of H-pyrrole nitrogens is 1. The fourth-order valence-corrected chi connectivity index (χ4v) is 2.04. The maximum atomic E-state index is 12.0. The molecule has 5 heteroatoms. The van der Waals surface area contributed by atoms with Crippen LogP contribution in [0.25, 0.3) is 0 Å². The Hall–Kier alpha value is -2.14. The van der Waals surface area contributed by atoms with Gasteiger partial charge in [0, 0.05) is 19.0 Å². The van der Waals surface area contributed by atoms with Crippen molar-refractivity contribution in [2.24, 2.45) is 5.73 Å². The lowest BCUT2D eigenvalue weighted by molar-refractivity contribution is 0.0882. The predicted molar refractivity (Wildman–Crippen MR) is 77.7 cm³/mol. The predicted octanol–water partition coefficient (Wildman–Crippen LogP) is 1.47. The van der Waals surface area contributed by atoms with E-state index in [1.54, 1.807) is 0 Å². The van der Waals surface area contributed by atoms with E-state index >= 15 is 0 Å². The van der Waals surface area contributed by atoms with Gasteiger partial charge in [0.15, 0.2) is 0 Å². The number of aromatic nitrogens is 2. The van der Waals surface area contributed by atoms with Crippen LogP contribution in [0.2, 0.25) is 0 Å². The van der Waals surface area contributed by atoms with Crippen molar-refractivity contribution in [3.05, 3.63) is 57.5 Å². The Morgan fingerprint density at radius 2 is 1.90 bits per heavy atom. The maximum absolute atomic E-state index is 12.0. The molecule has 0 amide bonds. The van der Waals surface area contributed by atoms with Crippen molar-refractivity contribution in [3.8, 4) is 0 Å². The van der Waals surface area contributed by atoms with Gasteiger partial charge < -0.3 is 5.73 Å². The molecule has 106 valence electrons. The molecule has 0 fully saturated rings. The number of carbonyl (C=O) groups excluding carboxylic acids is 1. The molecule has 1 heterocycles. The van der Waals surface area contributed by atoms with E-state index in [1.165, 1.54) is 11.6 Å². The van der Waals surface area contributed by atoms with Gasteiger partial charge in [-0.2, -0.15) is 4.68 Å². The highest BCUT2D eigenvalue weighted by molar-refractivity contribution is 5.78. The lowest BCUT2D eigenvalue weighted by Gasteiger charge is -2.03. The lowest BCUT2D eigenvalue weighted by Crippen LogP contribution is -2.24. The highest BCUT2D eigenvalue weighted by atomic mass is 16.2. The van der Waals surface area contributed by atoms with Gasteiger partial charge in [0.05, 0.1) is 5.69 Å². The Morgan fingerprint density at radius 1 is 1.25 bits per heavy atom. The molecular formula is C15H19N3O2. The number of benzene rings is 1. The minimum Gasteiger partial charge on any atom is -0.325 e. The molecule has 20 heavy (non-hydrogen) atoms. The van der Waals surface area contributed by atoms with Crippen LogP contribution in [0.1, 0.15) is 35.0 Å². The van der Waals surface area contributed by atoms with Crippen LogP contribution in [0.4, 0.5) is 0 Å². The number of nitrogens with zero attached hydrogens (tertiary/aromatic N) is 1. The second kappa shape index (κ2) is 6.34. The molecule has 0 unspecified atom stereocenters. The average Bonchev–Trinajstić information content (AvgIpc) is 2.86. The van der Waals surface area contributed by atoms with Crippen LogP contribution in [0.15, 0.2) is 35.1 Å². The number of rotatable bonds is 5. The molecule has 0 spiro atoms. The first-order chi connectivity index (χ1) is 9.63. The summed E-state index contributed by atoms with van der Waals surface area (Å²) in [4.78, 5) is 23.6. The van der Waals surface area contributed by atoms with Crippen molar-refractivity contribution < 1.29 is 4.79 Å². The Kier molecular flexibility index (Phi) is 4.53. The number of nitrogens with two attached hydrogens (primary N) is 1. The van der Waals surface area contributed by atoms with E-state index in [1.807, 2.05) is 12.1 Å². The summed E-state index contributed by atoms with van der Waals surface area (Å²) >= 11 is 0. The Morgan fingerprint density at radius 3 is 2.45 bits per heavy atom. The van der Waals surface area contributed by atoms with Crippen molar-refractivity contribution in [2.75, 3.05) is 0 Å². The third-order valence-corrected chi connectivity index (χ3v) is 3.30. The zero-order valence-electron chi connectivity index (χ0n) is 11.6. The van der Waals surface area contributed by atoms with Crippen LogP contribution < -0.4 is 11.3 Å². The molecule has 0 saturated carbocycles. The number of nitrogens with one attached hydrogen (secondary N) is 1. The maximum Gasteiger partial charge on any atom is 0.273 e. The number of aryl methyl sites for hydroxylation is 2. The summed E-state index contributed by atoms with van der Waals surface area (Å²) in [7, 11) is 0. The van der Waals surface area contributed by atoms with Gasteiger partial charge >= 0.3 is 0 Å². The van der Waals surface area contributed by atoms with E-state index in [4.69, 9.17) is 5.73 Å². The summed E-state index contributed by atoms with van der Waals surface area (Å²) < 4.78 is 1.03. The molecule has 2 rings (SSSR count). The van der Waals surface area contributed by atoms with Gasteiger partial charge in [0.1, 0.15) is 0 Å². The largest absolute Gasteiger partial charge is 0.325 e. The molecule has 5 nitrogen and oxygen atoms in total. The van der Waals surface area contributed by atoms with Gasteiger partial charge in [0.25, 0.3) is 5.56 Å². The van der Waals surface area contributed by atoms with Crippen LogP contribution in [-0.4, -0.2) is 15.7 Å². The summed E-state index contributed by atoms with van der Waals surface area (Å²) in [5, 5.41) is 2.72. The smallest absolute Gasteiger partial charge is 0.273 e. The highest BCUT2D eigenvalue weighted by Gasteiger charge is 2.10. The minimum absolute atomic E-state index is 0.216. The lowest BCUT2D eigenvalue weighted by atomic mass is 10.1. The number of hydrogen-bond donors (Lipinski definition) is 2. The molecule has 0 aliphatic rings. The quantitative estimate of drug-likeness (QED) is 0.865. The van der Waals surface area contributed by atoms with Gasteiger partial charge in [0.2, 0.25) is 5.91 Å². The molecule has 0 atom stereocenters. The third-order valence-electron chi connectivity index (χ3n) is 3.30. The van der Waals surface area contributed by atoms with Crippen molar-refractivity contribution in [3.63, 3.8) is 0 Å². The summed E-state index contributed by atoms with van der Waals surface area (Å²) in [6, 6.07) is 9.53. The first-order valence-corrected chi connectivity index (χ1v) is 6.76. The first-order valence-electron chi connectivity index (χ1n) is 6.76. The minimum atomic E-state index is -0.350. The van der Waals surface area contributed by atoms with E-state index in [2.05, 4.69) is 24.2 Å². The summed E-state index contributed by atoms with van der Waals surface area (Å²) in [5.74, 6) is -0.241. The summed E-state index contributed by atoms with van der Waals surface area (Å²) in [6.45, 7) is 2.32.